The summed E-state index contributed by atoms with van der Waals surface area (Å²) in [4.78, 5) is 4.64. The number of aromatic nitrogens is 1. The van der Waals surface area contributed by atoms with E-state index in [1.165, 1.54) is 31.4 Å². The maximum atomic E-state index is 13.2. The van der Waals surface area contributed by atoms with Crippen LogP contribution in [0.3, 0.4) is 0 Å². The van der Waals surface area contributed by atoms with Gasteiger partial charge in [0.1, 0.15) is 10.8 Å². The summed E-state index contributed by atoms with van der Waals surface area (Å²) < 4.78 is 13.2. The summed E-state index contributed by atoms with van der Waals surface area (Å²) in [5.41, 5.74) is 7.86. The van der Waals surface area contributed by atoms with Crippen LogP contribution in [-0.2, 0) is 5.54 Å². The van der Waals surface area contributed by atoms with Gasteiger partial charge in [0.25, 0.3) is 0 Å². The lowest BCUT2D eigenvalue weighted by Gasteiger charge is -2.31. The topological polar surface area (TPSA) is 38.9 Å². The number of rotatable bonds is 2. The second-order valence-corrected chi connectivity index (χ2v) is 6.12. The van der Waals surface area contributed by atoms with Crippen LogP contribution < -0.4 is 5.73 Å². The Kier molecular flexibility index (Phi) is 3.37. The molecule has 0 bridgehead atoms. The monoisotopic (exact) mass is 276 g/mol. The molecule has 3 rings (SSSR count). The highest BCUT2D eigenvalue weighted by atomic mass is 32.1. The largest absolute Gasteiger partial charge is 0.319 e. The van der Waals surface area contributed by atoms with Crippen LogP contribution in [0, 0.1) is 5.82 Å². The molecule has 4 heteroatoms. The van der Waals surface area contributed by atoms with E-state index in [4.69, 9.17) is 5.73 Å². The van der Waals surface area contributed by atoms with Crippen molar-refractivity contribution in [1.82, 2.24) is 4.98 Å². The number of benzene rings is 1. The Bertz CT molecular complexity index is 573. The Labute approximate surface area is 116 Å². The molecule has 1 aliphatic rings. The summed E-state index contributed by atoms with van der Waals surface area (Å²) in [6, 6.07) is 6.56. The van der Waals surface area contributed by atoms with Crippen LogP contribution in [0.1, 0.15) is 37.1 Å². The van der Waals surface area contributed by atoms with Crippen LogP contribution in [0.15, 0.2) is 29.6 Å². The molecule has 1 aromatic heterocycles. The molecule has 0 radical (unpaired) electrons. The van der Waals surface area contributed by atoms with E-state index in [-0.39, 0.29) is 11.4 Å². The van der Waals surface area contributed by atoms with Crippen molar-refractivity contribution in [1.29, 1.82) is 0 Å². The summed E-state index contributed by atoms with van der Waals surface area (Å²) in [5.74, 6) is -0.229. The second kappa shape index (κ2) is 5.02. The minimum Gasteiger partial charge on any atom is -0.319 e. The number of nitrogens with two attached hydrogens (primary N) is 1. The summed E-state index contributed by atoms with van der Waals surface area (Å²) in [5, 5.41) is 2.97. The maximum Gasteiger partial charge on any atom is 0.123 e. The maximum absolute atomic E-state index is 13.2. The summed E-state index contributed by atoms with van der Waals surface area (Å²) in [6.45, 7) is 0. The minimum absolute atomic E-state index is 0.229. The van der Waals surface area contributed by atoms with E-state index < -0.39 is 0 Å². The van der Waals surface area contributed by atoms with Gasteiger partial charge < -0.3 is 5.73 Å². The first-order valence-corrected chi connectivity index (χ1v) is 7.56. The molecule has 2 N–H and O–H groups in total. The Hall–Kier alpha value is -1.26. The zero-order valence-corrected chi connectivity index (χ0v) is 11.5. The summed E-state index contributed by atoms with van der Waals surface area (Å²) >= 11 is 1.60. The van der Waals surface area contributed by atoms with Crippen molar-refractivity contribution in [3.63, 3.8) is 0 Å². The predicted octanol–water partition coefficient (Wildman–Crippen LogP) is 4.07. The first-order valence-electron chi connectivity index (χ1n) is 6.68. The number of nitrogens with zero attached hydrogens (tertiary/aromatic N) is 1. The average Bonchev–Trinajstić information content (AvgIpc) is 2.90. The second-order valence-electron chi connectivity index (χ2n) is 5.27. The molecule has 0 saturated heterocycles. The van der Waals surface area contributed by atoms with Crippen LogP contribution in [-0.4, -0.2) is 4.98 Å². The third-order valence-electron chi connectivity index (χ3n) is 3.80. The van der Waals surface area contributed by atoms with Crippen molar-refractivity contribution in [2.45, 2.75) is 37.6 Å². The molecular formula is C15H17FN2S. The van der Waals surface area contributed by atoms with Crippen LogP contribution in [0.2, 0.25) is 0 Å². The van der Waals surface area contributed by atoms with Gasteiger partial charge in [0.05, 0.1) is 11.2 Å². The standard InChI is InChI=1S/C15H17FN2S/c16-12-6-4-5-11(9-12)13-10-19-14(18-13)15(17)7-2-1-3-8-15/h4-6,9-10H,1-3,7-8,17H2. The van der Waals surface area contributed by atoms with E-state index >= 15 is 0 Å². The quantitative estimate of drug-likeness (QED) is 0.898. The molecule has 0 spiro atoms. The lowest BCUT2D eigenvalue weighted by molar-refractivity contribution is 0.301. The highest BCUT2D eigenvalue weighted by molar-refractivity contribution is 7.10. The van der Waals surface area contributed by atoms with Gasteiger partial charge in [-0.05, 0) is 25.0 Å². The molecule has 0 atom stereocenters. The van der Waals surface area contributed by atoms with Crippen LogP contribution in [0.5, 0.6) is 0 Å². The van der Waals surface area contributed by atoms with E-state index in [9.17, 15) is 4.39 Å². The van der Waals surface area contributed by atoms with E-state index in [1.54, 1.807) is 17.4 Å². The van der Waals surface area contributed by atoms with E-state index in [1.807, 2.05) is 11.4 Å². The van der Waals surface area contributed by atoms with Gasteiger partial charge in [0, 0.05) is 10.9 Å². The number of hydrogen-bond acceptors (Lipinski definition) is 3. The highest BCUT2D eigenvalue weighted by Gasteiger charge is 2.32. The van der Waals surface area contributed by atoms with Crippen molar-refractivity contribution in [3.8, 4) is 11.3 Å². The fourth-order valence-corrected chi connectivity index (χ4v) is 3.68. The first kappa shape index (κ1) is 12.8. The third kappa shape index (κ3) is 2.55. The van der Waals surface area contributed by atoms with Crippen molar-refractivity contribution >= 4 is 11.3 Å². The van der Waals surface area contributed by atoms with Gasteiger partial charge in [-0.1, -0.05) is 31.4 Å². The number of hydrogen-bond donors (Lipinski definition) is 1. The zero-order valence-electron chi connectivity index (χ0n) is 10.7. The molecule has 100 valence electrons. The molecule has 0 unspecified atom stereocenters. The van der Waals surface area contributed by atoms with Crippen LogP contribution in [0.4, 0.5) is 4.39 Å². The van der Waals surface area contributed by atoms with Gasteiger partial charge in [-0.25, -0.2) is 9.37 Å². The van der Waals surface area contributed by atoms with Gasteiger partial charge in [0.2, 0.25) is 0 Å². The molecule has 2 aromatic rings. The third-order valence-corrected chi connectivity index (χ3v) is 4.86. The molecule has 2 nitrogen and oxygen atoms in total. The zero-order chi connectivity index (χ0) is 13.3. The molecule has 0 amide bonds. The minimum atomic E-state index is -0.269. The molecule has 1 aliphatic carbocycles. The van der Waals surface area contributed by atoms with E-state index in [0.29, 0.717) is 0 Å². The Morgan fingerprint density at radius 3 is 2.74 bits per heavy atom. The number of thiazole rings is 1. The average molecular weight is 276 g/mol. The predicted molar refractivity (Wildman–Crippen MR) is 76.5 cm³/mol. The van der Waals surface area contributed by atoms with Crippen LogP contribution >= 0.6 is 11.3 Å². The highest BCUT2D eigenvalue weighted by Crippen LogP contribution is 2.37. The molecule has 1 saturated carbocycles. The summed E-state index contributed by atoms with van der Waals surface area (Å²) in [6.07, 6.45) is 5.62. The lowest BCUT2D eigenvalue weighted by atomic mass is 9.83. The molecular weight excluding hydrogens is 259 g/mol. The van der Waals surface area contributed by atoms with Gasteiger partial charge in [-0.15, -0.1) is 11.3 Å². The molecule has 1 aromatic carbocycles. The molecule has 19 heavy (non-hydrogen) atoms. The fourth-order valence-electron chi connectivity index (χ4n) is 2.68. The van der Waals surface area contributed by atoms with Crippen LogP contribution in [0.25, 0.3) is 11.3 Å². The van der Waals surface area contributed by atoms with Gasteiger partial charge >= 0.3 is 0 Å². The van der Waals surface area contributed by atoms with Gasteiger partial charge in [-0.2, -0.15) is 0 Å². The van der Waals surface area contributed by atoms with Gasteiger partial charge in [0.15, 0.2) is 0 Å². The smallest absolute Gasteiger partial charge is 0.123 e. The van der Waals surface area contributed by atoms with E-state index in [0.717, 1.165) is 29.1 Å². The molecule has 1 heterocycles. The fraction of sp³-hybridized carbons (Fsp3) is 0.400. The van der Waals surface area contributed by atoms with Crippen molar-refractivity contribution in [2.24, 2.45) is 5.73 Å². The van der Waals surface area contributed by atoms with Gasteiger partial charge in [-0.3, -0.25) is 0 Å². The SMILES string of the molecule is NC1(c2nc(-c3cccc(F)c3)cs2)CCCCC1. The van der Waals surface area contributed by atoms with E-state index in [2.05, 4.69) is 4.98 Å². The lowest BCUT2D eigenvalue weighted by Crippen LogP contribution is -2.38. The molecule has 0 aliphatic heterocycles. The van der Waals surface area contributed by atoms with Crippen molar-refractivity contribution in [3.05, 3.63) is 40.5 Å². The first-order chi connectivity index (χ1) is 9.17. The number of halogens is 1. The summed E-state index contributed by atoms with van der Waals surface area (Å²) in [7, 11) is 0. The Morgan fingerprint density at radius 2 is 2.00 bits per heavy atom. The normalized spacial score (nSPS) is 18.4. The van der Waals surface area contributed by atoms with Crippen molar-refractivity contribution < 1.29 is 4.39 Å². The van der Waals surface area contributed by atoms with Crippen molar-refractivity contribution in [2.75, 3.05) is 0 Å². The Morgan fingerprint density at radius 1 is 1.21 bits per heavy atom. The Balaban J connectivity index is 1.91. The molecule has 1 fully saturated rings.